The highest BCUT2D eigenvalue weighted by Gasteiger charge is 2.44. The maximum atomic E-state index is 14.9. The summed E-state index contributed by atoms with van der Waals surface area (Å²) in [5.74, 6) is -5.45. The summed E-state index contributed by atoms with van der Waals surface area (Å²) >= 11 is 0. The first-order chi connectivity index (χ1) is 32.5. The number of aromatic hydroxyl groups is 1. The van der Waals surface area contributed by atoms with Crippen LogP contribution in [0.3, 0.4) is 0 Å². The second-order valence-corrected chi connectivity index (χ2v) is 19.9. The summed E-state index contributed by atoms with van der Waals surface area (Å²) in [6, 6.07) is 3.24. The number of ether oxygens (including phenoxy) is 5. The Kier molecular flexibility index (Phi) is 14.6. The van der Waals surface area contributed by atoms with Crippen molar-refractivity contribution in [2.75, 3.05) is 38.7 Å². The van der Waals surface area contributed by atoms with Gasteiger partial charge < -0.3 is 53.2 Å². The second-order valence-electron chi connectivity index (χ2n) is 19.9. The molecule has 3 aromatic carbocycles. The lowest BCUT2D eigenvalue weighted by Crippen LogP contribution is -2.52. The zero-order chi connectivity index (χ0) is 50.4. The monoisotopic (exact) mass is 954 g/mol. The number of phenolic OH excluding ortho intramolecular Hbond substituents is 1. The molecular formula is C53H68N3O13+. The molecule has 372 valence electrons. The van der Waals surface area contributed by atoms with Crippen LogP contribution in [-0.4, -0.2) is 100 Å². The first-order valence-corrected chi connectivity index (χ1v) is 24.0. The molecule has 0 spiro atoms. The van der Waals surface area contributed by atoms with Crippen LogP contribution in [0.15, 0.2) is 62.3 Å². The molecule has 16 nitrogen and oxygen atoms in total. The van der Waals surface area contributed by atoms with Gasteiger partial charge in [0.1, 0.15) is 47.7 Å². The number of aromatic nitrogens is 1. The molecule has 3 aliphatic heterocycles. The third-order valence-corrected chi connectivity index (χ3v) is 15.3. The number of hydrogen-bond donors (Lipinski definition) is 4. The first kappa shape index (κ1) is 50.9. The maximum absolute atomic E-state index is 14.9. The highest BCUT2D eigenvalue weighted by atomic mass is 16.7. The lowest BCUT2D eigenvalue weighted by atomic mass is 9.73. The molecule has 1 aromatic heterocycles. The van der Waals surface area contributed by atoms with E-state index in [-0.39, 0.29) is 90.2 Å². The van der Waals surface area contributed by atoms with Crippen molar-refractivity contribution in [3.05, 3.63) is 79.5 Å². The Morgan fingerprint density at radius 3 is 2.32 bits per heavy atom. The molecular weight excluding hydrogens is 887 g/mol. The Labute approximate surface area is 401 Å². The SMILES string of the molecule is CO[C@H]1/C=C/O[C@@]2(C)Oc3c(C)c(O)c4c(=O)c(c5oc6cc(OCC[N+]7(C(C)C)CCCC7)cc(=O)c6nc5c4c3=C2O)NC(=O)/C(C)=C\C=C\[C@H](C)[C@H](O)[C@@H](C)[C@@H](C)[C@@H](C)[C@H](OC(C)=O)[C@@H]1C. The molecule has 0 saturated carbocycles. The van der Waals surface area contributed by atoms with Crippen molar-refractivity contribution in [1.82, 2.24) is 4.98 Å². The number of carbonyl (C=O) groups is 2. The highest BCUT2D eigenvalue weighted by Crippen LogP contribution is 2.42. The first-order valence-electron chi connectivity index (χ1n) is 24.0. The minimum Gasteiger partial charge on any atom is -0.507 e. The van der Waals surface area contributed by atoms with Gasteiger partial charge in [0.25, 0.3) is 5.91 Å². The number of phenols is 1. The molecule has 1 amide bonds. The summed E-state index contributed by atoms with van der Waals surface area (Å²) in [4.78, 5) is 60.2. The Morgan fingerprint density at radius 1 is 0.971 bits per heavy atom. The number of esters is 1. The Bertz CT molecular complexity index is 2930. The van der Waals surface area contributed by atoms with E-state index in [9.17, 15) is 34.5 Å². The van der Waals surface area contributed by atoms with Gasteiger partial charge in [0.15, 0.2) is 22.4 Å². The van der Waals surface area contributed by atoms with Crippen molar-refractivity contribution in [3.8, 4) is 17.2 Å². The molecule has 0 radical (unpaired) electrons. The predicted octanol–water partition coefficient (Wildman–Crippen LogP) is 7.23. The number of anilines is 1. The van der Waals surface area contributed by atoms with Gasteiger partial charge in [0.05, 0.1) is 48.2 Å². The van der Waals surface area contributed by atoms with E-state index in [0.717, 1.165) is 37.0 Å². The lowest BCUT2D eigenvalue weighted by Gasteiger charge is -2.39. The molecule has 0 aliphatic carbocycles. The van der Waals surface area contributed by atoms with Gasteiger partial charge in [-0.05, 0) is 51.5 Å². The van der Waals surface area contributed by atoms with E-state index in [1.54, 1.807) is 31.2 Å². The third kappa shape index (κ3) is 9.42. The molecule has 3 aliphatic rings. The van der Waals surface area contributed by atoms with E-state index < -0.39 is 64.3 Å². The predicted molar refractivity (Wildman–Crippen MR) is 263 cm³/mol. The lowest BCUT2D eigenvalue weighted by molar-refractivity contribution is -0.936. The van der Waals surface area contributed by atoms with Crippen LogP contribution in [0, 0.1) is 36.5 Å². The minimum atomic E-state index is -1.95. The molecule has 4 aromatic rings. The molecule has 16 heteroatoms. The zero-order valence-corrected chi connectivity index (χ0v) is 41.8. The third-order valence-electron chi connectivity index (χ3n) is 15.3. The van der Waals surface area contributed by atoms with Crippen LogP contribution in [0.5, 0.6) is 17.2 Å². The smallest absolute Gasteiger partial charge is 0.307 e. The van der Waals surface area contributed by atoms with Crippen molar-refractivity contribution in [3.63, 3.8) is 0 Å². The highest BCUT2D eigenvalue weighted by molar-refractivity contribution is 6.16. The van der Waals surface area contributed by atoms with Crippen LogP contribution in [0.2, 0.25) is 0 Å². The Hall–Kier alpha value is -5.97. The number of benzene rings is 3. The molecule has 4 bridgehead atoms. The molecule has 0 unspecified atom stereocenters. The molecule has 69 heavy (non-hydrogen) atoms. The number of methoxy groups -OCH3 is 1. The van der Waals surface area contributed by atoms with Gasteiger partial charge in [-0.2, -0.15) is 0 Å². The zero-order valence-electron chi connectivity index (χ0n) is 41.8. The summed E-state index contributed by atoms with van der Waals surface area (Å²) in [7, 11) is 1.50. The number of hydrogen-bond acceptors (Lipinski definition) is 14. The van der Waals surface area contributed by atoms with E-state index in [2.05, 4.69) is 19.2 Å². The average molecular weight is 955 g/mol. The standard InChI is InChI=1S/C53H67N3O13/c1-26(2)56(19-13-14-20-56)21-23-65-35-24-36(58)42-38(25-35)68-50-43(54-42)39-40-46(60)33(9)49-41(39)51(62)53(11,69-49)66-22-18-37(64-12)32(8)48(67-34(10)57)31(7)29(5)30(6)45(59)27(3)16-15-17-28(4)52(63)55-44(50)47(40)61/h15-18,22,24-27,29-32,37,45,48,59H,13-14,19-21,23H2,1-12H3,(H2-,54,55,58,60,61,62,63)/p+1/b16-15+,22-18+,28-17-/t27-,29+,30-,31+,32+,37-,45-,48-,53-/m0/s1. The second kappa shape index (κ2) is 19.8. The quantitative estimate of drug-likeness (QED) is 0.0623. The van der Waals surface area contributed by atoms with Crippen LogP contribution in [-0.2, 0) is 23.8 Å². The van der Waals surface area contributed by atoms with E-state index in [0.29, 0.717) is 12.6 Å². The summed E-state index contributed by atoms with van der Waals surface area (Å²) in [5, 5.41) is 37.9. The van der Waals surface area contributed by atoms with Crippen molar-refractivity contribution in [2.24, 2.45) is 29.6 Å². The number of allylic oxidation sites excluding steroid dienone is 2. The van der Waals surface area contributed by atoms with Crippen molar-refractivity contribution in [2.45, 2.75) is 119 Å². The van der Waals surface area contributed by atoms with Gasteiger partial charge in [-0.15, -0.1) is 0 Å². The summed E-state index contributed by atoms with van der Waals surface area (Å²) in [5.41, 5.74) is -2.10. The molecule has 4 heterocycles. The number of amides is 1. The maximum Gasteiger partial charge on any atom is 0.307 e. The largest absolute Gasteiger partial charge is 0.507 e. The van der Waals surface area contributed by atoms with Crippen molar-refractivity contribution >= 4 is 56.3 Å². The summed E-state index contributed by atoms with van der Waals surface area (Å²) in [6.45, 7) is 23.1. The minimum absolute atomic E-state index is 0.0318. The molecule has 9 atom stereocenters. The average Bonchev–Trinajstić information content (AvgIpc) is 3.90. The fourth-order valence-corrected chi connectivity index (χ4v) is 10.5. The fourth-order valence-electron chi connectivity index (χ4n) is 10.5. The Balaban J connectivity index is 1.44. The van der Waals surface area contributed by atoms with Gasteiger partial charge in [0, 0.05) is 74.3 Å². The van der Waals surface area contributed by atoms with Crippen molar-refractivity contribution in [1.29, 1.82) is 0 Å². The fraction of sp³-hybridized carbons (Fsp3) is 0.528. The molecule has 7 rings (SSSR count). The van der Waals surface area contributed by atoms with E-state index in [1.165, 1.54) is 46.3 Å². The van der Waals surface area contributed by atoms with Crippen LogP contribution in [0.1, 0.15) is 87.6 Å². The number of rotatable bonds is 7. The summed E-state index contributed by atoms with van der Waals surface area (Å²) < 4.78 is 37.9. The number of nitrogens with one attached hydrogen (secondary N) is 1. The topological polar surface area (TPSA) is 213 Å². The summed E-state index contributed by atoms with van der Waals surface area (Å²) in [6.07, 6.45) is 7.96. The van der Waals surface area contributed by atoms with Gasteiger partial charge >= 0.3 is 11.8 Å². The van der Waals surface area contributed by atoms with Crippen LogP contribution in [0.4, 0.5) is 5.69 Å². The van der Waals surface area contributed by atoms with Crippen molar-refractivity contribution < 1.29 is 57.5 Å². The van der Waals surface area contributed by atoms with Gasteiger partial charge in [0.2, 0.25) is 10.9 Å². The van der Waals surface area contributed by atoms with Crippen LogP contribution in [0.25, 0.3) is 38.7 Å². The molecule has 1 fully saturated rings. The number of fused-ring (bicyclic) bond motifs is 2. The molecule has 4 N–H and O–H groups in total. The van der Waals surface area contributed by atoms with Crippen LogP contribution >= 0.6 is 0 Å². The number of quaternary nitrogens is 1. The normalized spacial score (nSPS) is 29.4. The van der Waals surface area contributed by atoms with Gasteiger partial charge in [-0.1, -0.05) is 52.8 Å². The number of aliphatic hydroxyl groups is 2. The number of likely N-dealkylation sites (tertiary alicyclic amines) is 1. The van der Waals surface area contributed by atoms with E-state index in [1.807, 2.05) is 34.6 Å². The molecule has 1 saturated heterocycles. The van der Waals surface area contributed by atoms with E-state index in [4.69, 9.17) is 33.1 Å². The number of aliphatic hydroxyl groups excluding tert-OH is 2. The van der Waals surface area contributed by atoms with Crippen LogP contribution < -0.4 is 30.9 Å². The van der Waals surface area contributed by atoms with Gasteiger partial charge in [-0.3, -0.25) is 19.2 Å². The van der Waals surface area contributed by atoms with E-state index >= 15 is 0 Å². The number of carbonyl (C=O) groups excluding carboxylic acids is 2. The number of nitrogens with zero attached hydrogens (tertiary/aromatic N) is 2. The Morgan fingerprint density at radius 2 is 1.67 bits per heavy atom. The van der Waals surface area contributed by atoms with Gasteiger partial charge in [-0.25, -0.2) is 4.98 Å².